The second-order valence-electron chi connectivity index (χ2n) is 3.43. The Morgan fingerprint density at radius 1 is 1.31 bits per heavy atom. The van der Waals surface area contributed by atoms with Gasteiger partial charge in [0.1, 0.15) is 0 Å². The lowest BCUT2D eigenvalue weighted by molar-refractivity contribution is 0.0985. The van der Waals surface area contributed by atoms with Crippen LogP contribution in [0.1, 0.15) is 24.9 Å². The molecule has 0 spiro atoms. The van der Waals surface area contributed by atoms with Gasteiger partial charge in [-0.25, -0.2) is 8.78 Å². The molecule has 0 radical (unpaired) electrons. The van der Waals surface area contributed by atoms with Gasteiger partial charge < -0.3 is 5.32 Å². The van der Waals surface area contributed by atoms with Crippen molar-refractivity contribution in [3.63, 3.8) is 0 Å². The molecule has 1 rings (SSSR count). The van der Waals surface area contributed by atoms with Crippen molar-refractivity contribution in [2.24, 2.45) is 0 Å². The van der Waals surface area contributed by atoms with Crippen molar-refractivity contribution in [2.75, 3.05) is 6.54 Å². The van der Waals surface area contributed by atoms with Crippen molar-refractivity contribution in [3.8, 4) is 0 Å². The van der Waals surface area contributed by atoms with Crippen molar-refractivity contribution in [1.82, 2.24) is 5.32 Å². The first-order valence-corrected chi connectivity index (χ1v) is 5.78. The molecule has 0 aliphatic heterocycles. The van der Waals surface area contributed by atoms with Crippen LogP contribution in [0.25, 0.3) is 0 Å². The van der Waals surface area contributed by atoms with Gasteiger partial charge in [-0.05, 0) is 36.7 Å². The first-order chi connectivity index (χ1) is 7.56. The first kappa shape index (κ1) is 13.7. The zero-order valence-electron chi connectivity index (χ0n) is 8.81. The Morgan fingerprint density at radius 2 is 2.00 bits per heavy atom. The summed E-state index contributed by atoms with van der Waals surface area (Å²) in [6.07, 6.45) is -1.73. The van der Waals surface area contributed by atoms with Crippen LogP contribution in [0.4, 0.5) is 8.78 Å². The molecular weight excluding hydrogens is 255 g/mol. The molecule has 0 aromatic heterocycles. The topological polar surface area (TPSA) is 12.0 Å². The second kappa shape index (κ2) is 6.38. The van der Waals surface area contributed by atoms with E-state index in [0.29, 0.717) is 22.2 Å². The van der Waals surface area contributed by atoms with Gasteiger partial charge in [-0.3, -0.25) is 0 Å². The van der Waals surface area contributed by atoms with E-state index >= 15 is 0 Å². The number of benzene rings is 1. The van der Waals surface area contributed by atoms with Crippen LogP contribution in [0, 0.1) is 0 Å². The number of nitrogens with one attached hydrogen (secondary N) is 1. The van der Waals surface area contributed by atoms with E-state index in [1.54, 1.807) is 6.07 Å². The second-order valence-corrected chi connectivity index (χ2v) is 4.28. The van der Waals surface area contributed by atoms with Crippen LogP contribution in [0.15, 0.2) is 18.2 Å². The van der Waals surface area contributed by atoms with Gasteiger partial charge in [0.2, 0.25) is 0 Å². The minimum Gasteiger partial charge on any atom is -0.305 e. The van der Waals surface area contributed by atoms with Gasteiger partial charge in [-0.2, -0.15) is 0 Å². The molecule has 16 heavy (non-hydrogen) atoms. The molecule has 0 heterocycles. The number of hydrogen-bond donors (Lipinski definition) is 1. The van der Waals surface area contributed by atoms with Crippen molar-refractivity contribution in [1.29, 1.82) is 0 Å². The summed E-state index contributed by atoms with van der Waals surface area (Å²) < 4.78 is 25.7. The standard InChI is InChI=1S/C11H13Cl2F2N/c1-2-5-16-10(11(14)15)8-6-7(12)3-4-9(8)13/h3-4,6,10-11,16H,2,5H2,1H3. The highest BCUT2D eigenvalue weighted by molar-refractivity contribution is 6.33. The van der Waals surface area contributed by atoms with Crippen LogP contribution in [-0.4, -0.2) is 13.0 Å². The maximum Gasteiger partial charge on any atom is 0.257 e. The number of hydrogen-bond acceptors (Lipinski definition) is 1. The lowest BCUT2D eigenvalue weighted by atomic mass is 10.1. The van der Waals surface area contributed by atoms with Crippen LogP contribution in [0.5, 0.6) is 0 Å². The van der Waals surface area contributed by atoms with E-state index in [2.05, 4.69) is 5.32 Å². The summed E-state index contributed by atoms with van der Waals surface area (Å²) >= 11 is 11.7. The molecule has 0 aliphatic carbocycles. The molecule has 0 amide bonds. The third-order valence-electron chi connectivity index (χ3n) is 2.16. The molecule has 1 atom stereocenters. The molecule has 1 nitrogen and oxygen atoms in total. The number of halogens is 4. The molecule has 0 aliphatic rings. The summed E-state index contributed by atoms with van der Waals surface area (Å²) in [7, 11) is 0. The fourth-order valence-corrected chi connectivity index (χ4v) is 1.80. The van der Waals surface area contributed by atoms with Crippen LogP contribution >= 0.6 is 23.2 Å². The molecule has 0 saturated carbocycles. The Bertz CT molecular complexity index is 345. The zero-order valence-corrected chi connectivity index (χ0v) is 10.3. The van der Waals surface area contributed by atoms with E-state index in [0.717, 1.165) is 6.42 Å². The molecule has 0 bridgehead atoms. The number of alkyl halides is 2. The van der Waals surface area contributed by atoms with Crippen molar-refractivity contribution in [3.05, 3.63) is 33.8 Å². The highest BCUT2D eigenvalue weighted by Crippen LogP contribution is 2.29. The van der Waals surface area contributed by atoms with E-state index in [9.17, 15) is 8.78 Å². The Kier molecular flexibility index (Phi) is 5.46. The van der Waals surface area contributed by atoms with Gasteiger partial charge in [-0.1, -0.05) is 30.1 Å². The fraction of sp³-hybridized carbons (Fsp3) is 0.455. The highest BCUT2D eigenvalue weighted by atomic mass is 35.5. The van der Waals surface area contributed by atoms with Crippen LogP contribution in [0.3, 0.4) is 0 Å². The predicted octanol–water partition coefficient (Wildman–Crippen LogP) is 4.30. The average Bonchev–Trinajstić information content (AvgIpc) is 2.23. The normalized spacial score (nSPS) is 13.1. The van der Waals surface area contributed by atoms with Gasteiger partial charge in [0, 0.05) is 10.0 Å². The maximum atomic E-state index is 12.9. The van der Waals surface area contributed by atoms with Crippen molar-refractivity contribution >= 4 is 23.2 Å². The van der Waals surface area contributed by atoms with Crippen LogP contribution in [0.2, 0.25) is 10.0 Å². The summed E-state index contributed by atoms with van der Waals surface area (Å²) in [6.45, 7) is 2.42. The molecular formula is C11H13Cl2F2N. The molecule has 5 heteroatoms. The SMILES string of the molecule is CCCNC(c1cc(Cl)ccc1Cl)C(F)F. The third kappa shape index (κ3) is 3.58. The lowest BCUT2D eigenvalue weighted by Crippen LogP contribution is -2.28. The summed E-state index contributed by atoms with van der Waals surface area (Å²) in [6, 6.07) is 3.52. The van der Waals surface area contributed by atoms with Crippen LogP contribution < -0.4 is 5.32 Å². The molecule has 1 aromatic rings. The summed E-state index contributed by atoms with van der Waals surface area (Å²) in [5.74, 6) is 0. The van der Waals surface area contributed by atoms with E-state index in [1.807, 2.05) is 6.92 Å². The zero-order chi connectivity index (χ0) is 12.1. The third-order valence-corrected chi connectivity index (χ3v) is 2.74. The fourth-order valence-electron chi connectivity index (χ4n) is 1.39. The van der Waals surface area contributed by atoms with E-state index in [-0.39, 0.29) is 0 Å². The van der Waals surface area contributed by atoms with E-state index in [4.69, 9.17) is 23.2 Å². The maximum absolute atomic E-state index is 12.9. The lowest BCUT2D eigenvalue weighted by Gasteiger charge is -2.19. The van der Waals surface area contributed by atoms with Gasteiger partial charge in [0.15, 0.2) is 0 Å². The Labute approximate surface area is 104 Å². The van der Waals surface area contributed by atoms with Gasteiger partial charge in [-0.15, -0.1) is 0 Å². The van der Waals surface area contributed by atoms with Gasteiger partial charge in [0.25, 0.3) is 6.43 Å². The van der Waals surface area contributed by atoms with Gasteiger partial charge in [0.05, 0.1) is 6.04 Å². The average molecular weight is 268 g/mol. The molecule has 1 unspecified atom stereocenters. The van der Waals surface area contributed by atoms with E-state index in [1.165, 1.54) is 12.1 Å². The number of rotatable bonds is 5. The van der Waals surface area contributed by atoms with Crippen molar-refractivity contribution in [2.45, 2.75) is 25.8 Å². The first-order valence-electron chi connectivity index (χ1n) is 5.02. The summed E-state index contributed by atoms with van der Waals surface area (Å²) in [5, 5.41) is 3.47. The smallest absolute Gasteiger partial charge is 0.257 e. The van der Waals surface area contributed by atoms with Crippen molar-refractivity contribution < 1.29 is 8.78 Å². The predicted molar refractivity (Wildman–Crippen MR) is 63.5 cm³/mol. The Balaban J connectivity index is 2.95. The quantitative estimate of drug-likeness (QED) is 0.839. The van der Waals surface area contributed by atoms with E-state index < -0.39 is 12.5 Å². The van der Waals surface area contributed by atoms with Crippen LogP contribution in [-0.2, 0) is 0 Å². The Hall–Kier alpha value is -0.380. The molecule has 1 aromatic carbocycles. The Morgan fingerprint density at radius 3 is 2.56 bits per heavy atom. The minimum atomic E-state index is -2.51. The molecule has 1 N–H and O–H groups in total. The highest BCUT2D eigenvalue weighted by Gasteiger charge is 2.23. The van der Waals surface area contributed by atoms with Gasteiger partial charge >= 0.3 is 0 Å². The largest absolute Gasteiger partial charge is 0.305 e. The molecule has 0 fully saturated rings. The summed E-state index contributed by atoms with van der Waals surface area (Å²) in [4.78, 5) is 0. The molecule has 90 valence electrons. The molecule has 0 saturated heterocycles. The minimum absolute atomic E-state index is 0.304. The monoisotopic (exact) mass is 267 g/mol. The summed E-state index contributed by atoms with van der Waals surface area (Å²) in [5.41, 5.74) is 0.345.